The van der Waals surface area contributed by atoms with E-state index in [2.05, 4.69) is 26.6 Å². The summed E-state index contributed by atoms with van der Waals surface area (Å²) in [5, 5.41) is 5.99. The molecule has 3 rings (SSSR count). The number of hydrogen-bond acceptors (Lipinski definition) is 5. The highest BCUT2D eigenvalue weighted by Gasteiger charge is 2.25. The summed E-state index contributed by atoms with van der Waals surface area (Å²) < 4.78 is 10.9. The lowest BCUT2D eigenvalue weighted by Gasteiger charge is -2.22. The summed E-state index contributed by atoms with van der Waals surface area (Å²) in [4.78, 5) is 37.5. The van der Waals surface area contributed by atoms with Crippen molar-refractivity contribution < 1.29 is 23.9 Å². The minimum absolute atomic E-state index is 0.185. The van der Waals surface area contributed by atoms with E-state index in [0.717, 1.165) is 15.6 Å². The topological polar surface area (TPSA) is 93.7 Å². The molecule has 0 bridgehead atoms. The van der Waals surface area contributed by atoms with E-state index in [1.165, 1.54) is 7.11 Å². The third kappa shape index (κ3) is 8.06. The maximum Gasteiger partial charge on any atom is 0.408 e. The molecule has 0 aliphatic carbocycles. The van der Waals surface area contributed by atoms with Crippen molar-refractivity contribution in [3.63, 3.8) is 0 Å². The minimum Gasteiger partial charge on any atom is -0.467 e. The van der Waals surface area contributed by atoms with Crippen LogP contribution in [0.2, 0.25) is 5.02 Å². The molecule has 0 heterocycles. The van der Waals surface area contributed by atoms with Crippen LogP contribution in [-0.4, -0.2) is 36.7 Å². The quantitative estimate of drug-likeness (QED) is 0.303. The summed E-state index contributed by atoms with van der Waals surface area (Å²) in [5.74, 6) is -0.885. The molecular formula is C28H28BrClN2O5. The number of alkyl carbamates (subject to hydrolysis) is 1. The molecule has 3 aromatic carbocycles. The molecule has 0 unspecified atom stereocenters. The van der Waals surface area contributed by atoms with Crippen LogP contribution in [0.5, 0.6) is 0 Å². The Bertz CT molecular complexity index is 1290. The highest BCUT2D eigenvalue weighted by atomic mass is 79.9. The van der Waals surface area contributed by atoms with Gasteiger partial charge in [-0.3, -0.25) is 4.79 Å². The number of esters is 1. The Labute approximate surface area is 229 Å². The zero-order valence-electron chi connectivity index (χ0n) is 20.9. The van der Waals surface area contributed by atoms with Gasteiger partial charge in [0.25, 0.3) is 5.91 Å². The summed E-state index contributed by atoms with van der Waals surface area (Å²) in [5.41, 5.74) is 2.54. The number of benzene rings is 3. The molecular weight excluding hydrogens is 560 g/mol. The Morgan fingerprint density at radius 3 is 2.30 bits per heavy atom. The number of hydrogen-bond donors (Lipinski definition) is 2. The second-order valence-corrected chi connectivity index (χ2v) is 10.6. The van der Waals surface area contributed by atoms with Gasteiger partial charge in [-0.2, -0.15) is 0 Å². The fourth-order valence-electron chi connectivity index (χ4n) is 3.56. The van der Waals surface area contributed by atoms with Gasteiger partial charge >= 0.3 is 12.1 Å². The van der Waals surface area contributed by atoms with Gasteiger partial charge in [0.15, 0.2) is 0 Å². The fraction of sp³-hybridized carbons (Fsp3) is 0.250. The third-order valence-corrected chi connectivity index (χ3v) is 6.04. The van der Waals surface area contributed by atoms with E-state index in [1.807, 2.05) is 24.3 Å². The average Bonchev–Trinajstić information content (AvgIpc) is 2.84. The van der Waals surface area contributed by atoms with Crippen LogP contribution in [0.4, 0.5) is 10.5 Å². The normalized spacial score (nSPS) is 11.8. The first-order chi connectivity index (χ1) is 17.5. The maximum absolute atomic E-state index is 13.1. The SMILES string of the molecule is COC(=O)[C@H](Cc1ccc(NC(=O)c2ccccc2-c2cc(Br)ccc2Cl)cc1)NC(=O)OC(C)(C)C. The van der Waals surface area contributed by atoms with E-state index in [9.17, 15) is 14.4 Å². The van der Waals surface area contributed by atoms with Gasteiger partial charge in [-0.05, 0) is 68.3 Å². The van der Waals surface area contributed by atoms with Gasteiger partial charge in [-0.15, -0.1) is 0 Å². The summed E-state index contributed by atoms with van der Waals surface area (Å²) in [7, 11) is 1.25. The van der Waals surface area contributed by atoms with E-state index >= 15 is 0 Å². The van der Waals surface area contributed by atoms with Crippen LogP contribution in [0.25, 0.3) is 11.1 Å². The summed E-state index contributed by atoms with van der Waals surface area (Å²) >= 11 is 9.86. The number of ether oxygens (including phenoxy) is 2. The molecule has 0 fully saturated rings. The molecule has 37 heavy (non-hydrogen) atoms. The lowest BCUT2D eigenvalue weighted by molar-refractivity contribution is -0.143. The van der Waals surface area contributed by atoms with Crippen molar-refractivity contribution >= 4 is 51.2 Å². The van der Waals surface area contributed by atoms with Crippen molar-refractivity contribution in [2.75, 3.05) is 12.4 Å². The monoisotopic (exact) mass is 586 g/mol. The molecule has 1 atom stereocenters. The van der Waals surface area contributed by atoms with Gasteiger partial charge in [0.2, 0.25) is 0 Å². The molecule has 3 aromatic rings. The van der Waals surface area contributed by atoms with Gasteiger partial charge in [-0.1, -0.05) is 57.9 Å². The van der Waals surface area contributed by atoms with Crippen molar-refractivity contribution in [1.82, 2.24) is 5.32 Å². The first-order valence-corrected chi connectivity index (χ1v) is 12.7. The third-order valence-electron chi connectivity index (χ3n) is 5.22. The van der Waals surface area contributed by atoms with Crippen molar-refractivity contribution in [2.24, 2.45) is 0 Å². The molecule has 0 radical (unpaired) electrons. The zero-order chi connectivity index (χ0) is 27.2. The second kappa shape index (κ2) is 12.3. The van der Waals surface area contributed by atoms with Crippen LogP contribution in [0.1, 0.15) is 36.7 Å². The number of amides is 2. The molecule has 0 spiro atoms. The summed E-state index contributed by atoms with van der Waals surface area (Å²) in [6.07, 6.45) is -0.527. The van der Waals surface area contributed by atoms with Crippen LogP contribution in [0.15, 0.2) is 71.2 Å². The van der Waals surface area contributed by atoms with Crippen LogP contribution in [0, 0.1) is 0 Å². The number of carbonyl (C=O) groups is 3. The molecule has 2 N–H and O–H groups in total. The maximum atomic E-state index is 13.1. The molecule has 0 aliphatic rings. The number of carbonyl (C=O) groups excluding carboxylic acids is 3. The largest absolute Gasteiger partial charge is 0.467 e. The van der Waals surface area contributed by atoms with E-state index in [0.29, 0.717) is 21.8 Å². The molecule has 0 saturated carbocycles. The minimum atomic E-state index is -0.929. The molecule has 7 nitrogen and oxygen atoms in total. The van der Waals surface area contributed by atoms with Gasteiger partial charge in [0.05, 0.1) is 7.11 Å². The van der Waals surface area contributed by atoms with E-state index in [-0.39, 0.29) is 12.3 Å². The van der Waals surface area contributed by atoms with Crippen molar-refractivity contribution in [3.05, 3.63) is 87.4 Å². The lowest BCUT2D eigenvalue weighted by Crippen LogP contribution is -2.45. The number of nitrogens with one attached hydrogen (secondary N) is 2. The smallest absolute Gasteiger partial charge is 0.408 e. The van der Waals surface area contributed by atoms with E-state index in [1.54, 1.807) is 63.2 Å². The van der Waals surface area contributed by atoms with Crippen LogP contribution in [-0.2, 0) is 20.7 Å². The van der Waals surface area contributed by atoms with E-state index in [4.69, 9.17) is 21.1 Å². The Morgan fingerprint density at radius 2 is 1.65 bits per heavy atom. The first kappa shape index (κ1) is 28.2. The van der Waals surface area contributed by atoms with Gasteiger partial charge < -0.3 is 20.1 Å². The summed E-state index contributed by atoms with van der Waals surface area (Å²) in [6, 6.07) is 18.7. The Morgan fingerprint density at radius 1 is 0.973 bits per heavy atom. The van der Waals surface area contributed by atoms with Gasteiger partial charge in [0.1, 0.15) is 11.6 Å². The Balaban J connectivity index is 1.73. The van der Waals surface area contributed by atoms with Gasteiger partial charge in [-0.25, -0.2) is 9.59 Å². The van der Waals surface area contributed by atoms with Crippen LogP contribution < -0.4 is 10.6 Å². The van der Waals surface area contributed by atoms with Crippen molar-refractivity contribution in [3.8, 4) is 11.1 Å². The average molecular weight is 588 g/mol. The molecule has 9 heteroatoms. The predicted molar refractivity (Wildman–Crippen MR) is 148 cm³/mol. The molecule has 0 saturated heterocycles. The molecule has 0 aromatic heterocycles. The Kier molecular flexibility index (Phi) is 9.34. The van der Waals surface area contributed by atoms with Crippen LogP contribution >= 0.6 is 27.5 Å². The lowest BCUT2D eigenvalue weighted by atomic mass is 9.99. The Hall–Kier alpha value is -3.36. The van der Waals surface area contributed by atoms with Crippen molar-refractivity contribution in [1.29, 1.82) is 0 Å². The standard InChI is InChI=1S/C28H28BrClN2O5/c1-28(2,3)37-27(35)32-24(26(34)36-4)15-17-9-12-19(13-10-17)31-25(33)21-8-6-5-7-20(21)22-16-18(29)11-14-23(22)30/h5-14,16,24H,15H2,1-4H3,(H,31,33)(H,32,35)/t24-/m0/s1. The van der Waals surface area contributed by atoms with Crippen LogP contribution in [0.3, 0.4) is 0 Å². The van der Waals surface area contributed by atoms with Gasteiger partial charge in [0, 0.05) is 32.7 Å². The zero-order valence-corrected chi connectivity index (χ0v) is 23.3. The molecule has 2 amide bonds. The fourth-order valence-corrected chi connectivity index (χ4v) is 4.14. The van der Waals surface area contributed by atoms with E-state index < -0.39 is 23.7 Å². The number of methoxy groups -OCH3 is 1. The molecule has 0 aliphatic heterocycles. The number of halogens is 2. The predicted octanol–water partition coefficient (Wildman–Crippen LogP) is 6.63. The second-order valence-electron chi connectivity index (χ2n) is 9.25. The number of rotatable bonds is 7. The number of anilines is 1. The summed E-state index contributed by atoms with van der Waals surface area (Å²) in [6.45, 7) is 5.20. The molecule has 194 valence electrons. The highest BCUT2D eigenvalue weighted by Crippen LogP contribution is 2.33. The van der Waals surface area contributed by atoms with Crippen molar-refractivity contribution in [2.45, 2.75) is 38.8 Å². The highest BCUT2D eigenvalue weighted by molar-refractivity contribution is 9.10. The first-order valence-electron chi connectivity index (χ1n) is 11.5.